The number of rotatable bonds is 7. The first kappa shape index (κ1) is 35.2. The Morgan fingerprint density at radius 2 is 0.850 bits per heavy atom. The standard InChI is InChI=1S/C57H37N3/c1-3-14-38(15-4-1)42-19-13-20-43(32-42)44-29-30-52-55(37-44)59-57(60-56(52)41-16-5-2-6-17-41)48-34-46(39-25-27-40(28-26-39)54-24-11-12-31-58-54)33-47(35-48)53-36-45-18-7-8-21-49(45)50-22-9-10-23-51(50)53/h1-37H. The summed E-state index contributed by atoms with van der Waals surface area (Å²) in [5, 5.41) is 5.89. The average Bonchev–Trinajstić information content (AvgIpc) is 3.34. The first-order chi connectivity index (χ1) is 29.7. The molecule has 0 atom stereocenters. The number of nitrogens with zero attached hydrogens (tertiary/aromatic N) is 3. The first-order valence-corrected chi connectivity index (χ1v) is 20.3. The van der Waals surface area contributed by atoms with Crippen molar-refractivity contribution >= 4 is 32.4 Å². The van der Waals surface area contributed by atoms with Crippen LogP contribution in [0.1, 0.15) is 0 Å². The van der Waals surface area contributed by atoms with Gasteiger partial charge in [0, 0.05) is 28.3 Å². The monoisotopic (exact) mass is 763 g/mol. The molecule has 3 nitrogen and oxygen atoms in total. The van der Waals surface area contributed by atoms with Gasteiger partial charge in [0.1, 0.15) is 0 Å². The van der Waals surface area contributed by atoms with E-state index in [0.717, 1.165) is 66.8 Å². The lowest BCUT2D eigenvalue weighted by Crippen LogP contribution is -1.97. The molecule has 2 heterocycles. The molecule has 0 aliphatic heterocycles. The van der Waals surface area contributed by atoms with E-state index in [2.05, 4.69) is 199 Å². The Bertz CT molecular complexity index is 3340. The number of fused-ring (bicyclic) bond motifs is 4. The lowest BCUT2D eigenvalue weighted by Gasteiger charge is -2.16. The molecule has 0 aliphatic rings. The van der Waals surface area contributed by atoms with Gasteiger partial charge < -0.3 is 0 Å². The minimum absolute atomic E-state index is 0.676. The van der Waals surface area contributed by atoms with Crippen molar-refractivity contribution in [2.45, 2.75) is 0 Å². The zero-order chi connectivity index (χ0) is 39.8. The van der Waals surface area contributed by atoms with Crippen LogP contribution in [-0.4, -0.2) is 15.0 Å². The summed E-state index contributed by atoms with van der Waals surface area (Å²) in [4.78, 5) is 15.4. The Balaban J connectivity index is 1.13. The van der Waals surface area contributed by atoms with E-state index in [1.54, 1.807) is 0 Å². The maximum atomic E-state index is 5.41. The van der Waals surface area contributed by atoms with Crippen molar-refractivity contribution in [1.29, 1.82) is 0 Å². The fourth-order valence-electron chi connectivity index (χ4n) is 8.50. The van der Waals surface area contributed by atoms with E-state index in [9.17, 15) is 0 Å². The lowest BCUT2D eigenvalue weighted by molar-refractivity contribution is 1.23. The van der Waals surface area contributed by atoms with Crippen LogP contribution in [0.15, 0.2) is 225 Å². The average molecular weight is 764 g/mol. The zero-order valence-corrected chi connectivity index (χ0v) is 32.7. The van der Waals surface area contributed by atoms with Crippen LogP contribution in [0, 0.1) is 0 Å². The lowest BCUT2D eigenvalue weighted by atomic mass is 9.90. The van der Waals surface area contributed by atoms with E-state index in [0.29, 0.717) is 5.82 Å². The second-order valence-corrected chi connectivity index (χ2v) is 15.2. The topological polar surface area (TPSA) is 38.7 Å². The molecule has 0 fully saturated rings. The summed E-state index contributed by atoms with van der Waals surface area (Å²) in [6, 6.07) is 77.6. The van der Waals surface area contributed by atoms with Crippen LogP contribution in [0.4, 0.5) is 0 Å². The first-order valence-electron chi connectivity index (χ1n) is 20.3. The fourth-order valence-corrected chi connectivity index (χ4v) is 8.50. The molecule has 0 spiro atoms. The van der Waals surface area contributed by atoms with Crippen LogP contribution in [0.2, 0.25) is 0 Å². The largest absolute Gasteiger partial charge is 0.256 e. The Morgan fingerprint density at radius 1 is 0.283 bits per heavy atom. The molecule has 0 radical (unpaired) electrons. The minimum Gasteiger partial charge on any atom is -0.256 e. The van der Waals surface area contributed by atoms with E-state index in [-0.39, 0.29) is 0 Å². The van der Waals surface area contributed by atoms with Crippen LogP contribution >= 0.6 is 0 Å². The van der Waals surface area contributed by atoms with Gasteiger partial charge in [-0.1, -0.05) is 164 Å². The molecule has 0 N–H and O–H groups in total. The van der Waals surface area contributed by atoms with Crippen LogP contribution in [0.5, 0.6) is 0 Å². The summed E-state index contributed by atoms with van der Waals surface area (Å²) >= 11 is 0. The van der Waals surface area contributed by atoms with Crippen molar-refractivity contribution in [2.75, 3.05) is 0 Å². The quantitative estimate of drug-likeness (QED) is 0.152. The molecule has 280 valence electrons. The van der Waals surface area contributed by atoms with Crippen LogP contribution in [-0.2, 0) is 0 Å². The van der Waals surface area contributed by atoms with Gasteiger partial charge >= 0.3 is 0 Å². The van der Waals surface area contributed by atoms with Gasteiger partial charge in [0.25, 0.3) is 0 Å². The normalized spacial score (nSPS) is 11.3. The number of hydrogen-bond donors (Lipinski definition) is 0. The number of hydrogen-bond acceptors (Lipinski definition) is 3. The van der Waals surface area contributed by atoms with Crippen molar-refractivity contribution in [1.82, 2.24) is 15.0 Å². The van der Waals surface area contributed by atoms with Crippen molar-refractivity contribution < 1.29 is 0 Å². The van der Waals surface area contributed by atoms with Crippen molar-refractivity contribution in [3.05, 3.63) is 225 Å². The van der Waals surface area contributed by atoms with Gasteiger partial charge in [-0.3, -0.25) is 4.98 Å². The van der Waals surface area contributed by atoms with Gasteiger partial charge in [-0.15, -0.1) is 0 Å². The third-order valence-corrected chi connectivity index (χ3v) is 11.5. The molecule has 0 amide bonds. The van der Waals surface area contributed by atoms with Gasteiger partial charge in [0.05, 0.1) is 16.9 Å². The minimum atomic E-state index is 0.676. The highest BCUT2D eigenvalue weighted by atomic mass is 14.9. The molecule has 0 saturated heterocycles. The van der Waals surface area contributed by atoms with E-state index >= 15 is 0 Å². The van der Waals surface area contributed by atoms with Gasteiger partial charge in [0.2, 0.25) is 0 Å². The van der Waals surface area contributed by atoms with Crippen LogP contribution in [0.25, 0.3) is 111 Å². The molecule has 0 unspecified atom stereocenters. The highest BCUT2D eigenvalue weighted by molar-refractivity contribution is 6.14. The smallest absolute Gasteiger partial charge is 0.160 e. The summed E-state index contributed by atoms with van der Waals surface area (Å²) in [6.45, 7) is 0. The molecule has 60 heavy (non-hydrogen) atoms. The summed E-state index contributed by atoms with van der Waals surface area (Å²) in [5.74, 6) is 0.676. The zero-order valence-electron chi connectivity index (χ0n) is 32.7. The Labute approximate surface area is 349 Å². The molecule has 11 aromatic rings. The van der Waals surface area contributed by atoms with Gasteiger partial charge in [-0.2, -0.15) is 0 Å². The number of benzene rings is 9. The maximum absolute atomic E-state index is 5.41. The molecule has 11 rings (SSSR count). The van der Waals surface area contributed by atoms with Crippen molar-refractivity contribution in [2.24, 2.45) is 0 Å². The van der Waals surface area contributed by atoms with E-state index in [1.165, 1.54) is 38.2 Å². The highest BCUT2D eigenvalue weighted by Gasteiger charge is 2.17. The molecule has 0 saturated carbocycles. The number of pyridine rings is 1. The second-order valence-electron chi connectivity index (χ2n) is 15.2. The molecule has 9 aromatic carbocycles. The molecule has 3 heteroatoms. The Hall–Kier alpha value is -8.01. The van der Waals surface area contributed by atoms with E-state index in [4.69, 9.17) is 9.97 Å². The third kappa shape index (κ3) is 6.58. The van der Waals surface area contributed by atoms with Crippen LogP contribution < -0.4 is 0 Å². The summed E-state index contributed by atoms with van der Waals surface area (Å²) in [5.41, 5.74) is 14.9. The summed E-state index contributed by atoms with van der Waals surface area (Å²) in [7, 11) is 0. The maximum Gasteiger partial charge on any atom is 0.160 e. The van der Waals surface area contributed by atoms with Gasteiger partial charge in [-0.05, 0) is 121 Å². The SMILES string of the molecule is c1ccc(-c2cccc(-c3ccc4c(-c5ccccc5)nc(-c5cc(-c6ccc(-c7ccccn7)cc6)cc(-c6cc7ccccc7c7ccccc67)c5)nc4c3)c2)cc1. The molecule has 2 aromatic heterocycles. The number of aromatic nitrogens is 3. The molecular formula is C57H37N3. The molecule has 0 bridgehead atoms. The third-order valence-electron chi connectivity index (χ3n) is 11.5. The molecular weight excluding hydrogens is 727 g/mol. The van der Waals surface area contributed by atoms with Crippen molar-refractivity contribution in [3.63, 3.8) is 0 Å². The predicted octanol–water partition coefficient (Wildman–Crippen LogP) is 15.0. The van der Waals surface area contributed by atoms with Gasteiger partial charge in [0.15, 0.2) is 5.82 Å². The summed E-state index contributed by atoms with van der Waals surface area (Å²) < 4.78 is 0. The molecule has 0 aliphatic carbocycles. The Kier molecular flexibility index (Phi) is 8.83. The van der Waals surface area contributed by atoms with E-state index < -0.39 is 0 Å². The van der Waals surface area contributed by atoms with E-state index in [1.807, 2.05) is 30.5 Å². The Morgan fingerprint density at radius 3 is 1.63 bits per heavy atom. The summed E-state index contributed by atoms with van der Waals surface area (Å²) in [6.07, 6.45) is 1.84. The fraction of sp³-hybridized carbons (Fsp3) is 0. The van der Waals surface area contributed by atoms with Gasteiger partial charge in [-0.25, -0.2) is 9.97 Å². The second kappa shape index (κ2) is 15.1. The van der Waals surface area contributed by atoms with Crippen molar-refractivity contribution in [3.8, 4) is 78.4 Å². The van der Waals surface area contributed by atoms with Crippen LogP contribution in [0.3, 0.4) is 0 Å². The highest BCUT2D eigenvalue weighted by Crippen LogP contribution is 2.40. The predicted molar refractivity (Wildman–Crippen MR) is 250 cm³/mol.